The van der Waals surface area contributed by atoms with E-state index < -0.39 is 6.04 Å². The number of nitrogen functional groups attached to an aromatic ring is 1. The number of nitrogens with zero attached hydrogens (tertiary/aromatic N) is 3. The summed E-state index contributed by atoms with van der Waals surface area (Å²) in [5, 5.41) is 3.01. The summed E-state index contributed by atoms with van der Waals surface area (Å²) in [7, 11) is 0. The van der Waals surface area contributed by atoms with Gasteiger partial charge in [0.1, 0.15) is 6.04 Å². The largest absolute Gasteiger partial charge is 0.375 e. The van der Waals surface area contributed by atoms with Crippen molar-refractivity contribution in [3.05, 3.63) is 10.6 Å². The quantitative estimate of drug-likeness (QED) is 0.706. The molecule has 0 saturated carbocycles. The van der Waals surface area contributed by atoms with E-state index >= 15 is 0 Å². The predicted octanol–water partition coefficient (Wildman–Crippen LogP) is -1.25. The summed E-state index contributed by atoms with van der Waals surface area (Å²) < 4.78 is 0. The van der Waals surface area contributed by atoms with E-state index in [0.717, 1.165) is 10.6 Å². The van der Waals surface area contributed by atoms with Crippen molar-refractivity contribution in [2.45, 2.75) is 19.4 Å². The van der Waals surface area contributed by atoms with Gasteiger partial charge in [-0.25, -0.2) is 4.98 Å². The molecule has 2 aliphatic heterocycles. The molecule has 3 amide bonds. The highest BCUT2D eigenvalue weighted by atomic mass is 32.1. The SMILES string of the molecule is Cc1nc(N)sc1CC(=O)N1CCN2C(=O)CNC(=O)C2C1. The molecule has 118 valence electrons. The molecule has 3 rings (SSSR count). The van der Waals surface area contributed by atoms with Crippen LogP contribution < -0.4 is 11.1 Å². The Labute approximate surface area is 131 Å². The minimum absolute atomic E-state index is 0.0443. The topological polar surface area (TPSA) is 109 Å². The second-order valence-corrected chi connectivity index (χ2v) is 6.51. The summed E-state index contributed by atoms with van der Waals surface area (Å²) in [6.45, 7) is 2.95. The number of nitrogens with one attached hydrogen (secondary N) is 1. The van der Waals surface area contributed by atoms with Gasteiger partial charge in [0.15, 0.2) is 5.13 Å². The van der Waals surface area contributed by atoms with E-state index in [-0.39, 0.29) is 37.2 Å². The van der Waals surface area contributed by atoms with Crippen LogP contribution in [-0.4, -0.2) is 64.7 Å². The second kappa shape index (κ2) is 5.56. The number of anilines is 1. The van der Waals surface area contributed by atoms with Gasteiger partial charge in [-0.2, -0.15) is 0 Å². The maximum atomic E-state index is 12.4. The summed E-state index contributed by atoms with van der Waals surface area (Å²) in [5.74, 6) is -0.365. The molecule has 0 bridgehead atoms. The zero-order chi connectivity index (χ0) is 15.9. The van der Waals surface area contributed by atoms with Crippen LogP contribution >= 0.6 is 11.3 Å². The molecule has 3 N–H and O–H groups in total. The van der Waals surface area contributed by atoms with Crippen LogP contribution in [-0.2, 0) is 20.8 Å². The molecule has 1 unspecified atom stereocenters. The lowest BCUT2D eigenvalue weighted by atomic mass is 10.1. The smallest absolute Gasteiger partial charge is 0.245 e. The standard InChI is InChI=1S/C13H17N5O3S/c1-7-9(22-13(14)16-7)4-10(19)17-2-3-18-8(6-17)12(21)15-5-11(18)20/h8H,2-6H2,1H3,(H2,14,16)(H,15,21). The van der Waals surface area contributed by atoms with Crippen molar-refractivity contribution >= 4 is 34.2 Å². The normalized spacial score (nSPS) is 21.6. The fourth-order valence-corrected chi connectivity index (χ4v) is 3.60. The summed E-state index contributed by atoms with van der Waals surface area (Å²) in [6, 6.07) is -0.577. The Morgan fingerprint density at radius 2 is 2.23 bits per heavy atom. The van der Waals surface area contributed by atoms with Crippen LogP contribution in [0.4, 0.5) is 5.13 Å². The number of aromatic nitrogens is 1. The lowest BCUT2D eigenvalue weighted by Crippen LogP contribution is -2.66. The first-order valence-electron chi connectivity index (χ1n) is 7.02. The molecule has 1 aromatic rings. The van der Waals surface area contributed by atoms with Crippen LogP contribution in [0.25, 0.3) is 0 Å². The number of piperazine rings is 2. The zero-order valence-corrected chi connectivity index (χ0v) is 13.0. The van der Waals surface area contributed by atoms with Gasteiger partial charge in [-0.1, -0.05) is 0 Å². The molecule has 1 atom stereocenters. The summed E-state index contributed by atoms with van der Waals surface area (Å²) in [4.78, 5) is 44.2. The van der Waals surface area contributed by atoms with E-state index in [9.17, 15) is 14.4 Å². The number of thiazole rings is 1. The third-order valence-electron chi connectivity index (χ3n) is 3.99. The van der Waals surface area contributed by atoms with Gasteiger partial charge in [0.25, 0.3) is 0 Å². The van der Waals surface area contributed by atoms with Crippen molar-refractivity contribution in [1.29, 1.82) is 0 Å². The van der Waals surface area contributed by atoms with Crippen molar-refractivity contribution in [1.82, 2.24) is 20.1 Å². The molecule has 8 nitrogen and oxygen atoms in total. The fraction of sp³-hybridized carbons (Fsp3) is 0.538. The summed E-state index contributed by atoms with van der Waals surface area (Å²) in [6.07, 6.45) is 0.225. The molecule has 22 heavy (non-hydrogen) atoms. The monoisotopic (exact) mass is 323 g/mol. The van der Waals surface area contributed by atoms with Crippen LogP contribution in [0, 0.1) is 6.92 Å². The van der Waals surface area contributed by atoms with Crippen LogP contribution in [0.3, 0.4) is 0 Å². The van der Waals surface area contributed by atoms with Gasteiger partial charge in [-0.15, -0.1) is 11.3 Å². The van der Waals surface area contributed by atoms with Crippen molar-refractivity contribution < 1.29 is 14.4 Å². The van der Waals surface area contributed by atoms with Crippen LogP contribution in [0.5, 0.6) is 0 Å². The molecule has 3 heterocycles. The van der Waals surface area contributed by atoms with Gasteiger partial charge in [-0.05, 0) is 6.92 Å². The van der Waals surface area contributed by atoms with E-state index in [1.54, 1.807) is 9.80 Å². The van der Waals surface area contributed by atoms with E-state index in [4.69, 9.17) is 5.73 Å². The number of aryl methyl sites for hydroxylation is 1. The van der Waals surface area contributed by atoms with E-state index in [2.05, 4.69) is 10.3 Å². The van der Waals surface area contributed by atoms with Crippen LogP contribution in [0.2, 0.25) is 0 Å². The Kier molecular flexibility index (Phi) is 3.73. The maximum Gasteiger partial charge on any atom is 0.245 e. The molecular weight excluding hydrogens is 306 g/mol. The molecule has 0 spiro atoms. The number of amides is 3. The summed E-state index contributed by atoms with van der Waals surface area (Å²) in [5.41, 5.74) is 6.40. The molecule has 0 aliphatic carbocycles. The van der Waals surface area contributed by atoms with Crippen LogP contribution in [0.1, 0.15) is 10.6 Å². The molecule has 0 aromatic carbocycles. The maximum absolute atomic E-state index is 12.4. The molecule has 9 heteroatoms. The number of rotatable bonds is 2. The minimum atomic E-state index is -0.577. The highest BCUT2D eigenvalue weighted by Crippen LogP contribution is 2.22. The lowest BCUT2D eigenvalue weighted by Gasteiger charge is -2.42. The van der Waals surface area contributed by atoms with Gasteiger partial charge < -0.3 is 20.9 Å². The first-order valence-corrected chi connectivity index (χ1v) is 7.84. The Hall–Kier alpha value is -2.16. The van der Waals surface area contributed by atoms with Gasteiger partial charge in [0, 0.05) is 18.0 Å². The van der Waals surface area contributed by atoms with Gasteiger partial charge in [0.2, 0.25) is 17.7 Å². The number of nitrogens with two attached hydrogens (primary N) is 1. The van der Waals surface area contributed by atoms with Crippen molar-refractivity contribution in [3.63, 3.8) is 0 Å². The van der Waals surface area contributed by atoms with E-state index in [1.807, 2.05) is 6.92 Å². The number of hydrogen-bond donors (Lipinski definition) is 2. The highest BCUT2D eigenvalue weighted by Gasteiger charge is 2.39. The van der Waals surface area contributed by atoms with E-state index in [0.29, 0.717) is 18.2 Å². The Bertz CT molecular complexity index is 644. The first-order chi connectivity index (χ1) is 10.5. The molecule has 1 aromatic heterocycles. The zero-order valence-electron chi connectivity index (χ0n) is 12.2. The lowest BCUT2D eigenvalue weighted by molar-refractivity contribution is -0.152. The average Bonchev–Trinajstić information content (AvgIpc) is 2.80. The second-order valence-electron chi connectivity index (χ2n) is 5.40. The molecule has 2 fully saturated rings. The Morgan fingerprint density at radius 1 is 1.45 bits per heavy atom. The highest BCUT2D eigenvalue weighted by molar-refractivity contribution is 7.15. The number of fused-ring (bicyclic) bond motifs is 1. The molecule has 0 radical (unpaired) electrons. The molecule has 2 saturated heterocycles. The molecular formula is C13H17N5O3S. The third-order valence-corrected chi connectivity index (χ3v) is 4.98. The van der Waals surface area contributed by atoms with Gasteiger partial charge >= 0.3 is 0 Å². The Morgan fingerprint density at radius 3 is 2.91 bits per heavy atom. The number of carbonyl (C=O) groups is 3. The Balaban J connectivity index is 1.68. The van der Waals surface area contributed by atoms with Crippen LogP contribution in [0.15, 0.2) is 0 Å². The van der Waals surface area contributed by atoms with Gasteiger partial charge in [0.05, 0.1) is 25.2 Å². The predicted molar refractivity (Wildman–Crippen MR) is 80.1 cm³/mol. The molecule has 2 aliphatic rings. The average molecular weight is 323 g/mol. The first kappa shape index (κ1) is 14.8. The summed E-state index contributed by atoms with van der Waals surface area (Å²) >= 11 is 1.31. The van der Waals surface area contributed by atoms with Crippen molar-refractivity contribution in [3.8, 4) is 0 Å². The van der Waals surface area contributed by atoms with Crippen molar-refractivity contribution in [2.75, 3.05) is 31.9 Å². The minimum Gasteiger partial charge on any atom is -0.375 e. The number of carbonyl (C=O) groups excluding carboxylic acids is 3. The van der Waals surface area contributed by atoms with Crippen molar-refractivity contribution in [2.24, 2.45) is 0 Å². The van der Waals surface area contributed by atoms with E-state index in [1.165, 1.54) is 11.3 Å². The third kappa shape index (κ3) is 2.63. The fourth-order valence-electron chi connectivity index (χ4n) is 2.78. The number of hydrogen-bond acceptors (Lipinski definition) is 6. The van der Waals surface area contributed by atoms with Gasteiger partial charge in [-0.3, -0.25) is 14.4 Å².